The fourth-order valence-electron chi connectivity index (χ4n) is 1.55. The number of rotatable bonds is 2. The lowest BCUT2D eigenvalue weighted by Gasteiger charge is -2.10. The molecule has 7 heteroatoms. The molecule has 0 saturated heterocycles. The van der Waals surface area contributed by atoms with Gasteiger partial charge in [0.05, 0.1) is 32.0 Å². The van der Waals surface area contributed by atoms with Crippen molar-refractivity contribution in [2.75, 3.05) is 11.1 Å². The van der Waals surface area contributed by atoms with Crippen LogP contribution >= 0.6 is 34.8 Å². The van der Waals surface area contributed by atoms with E-state index in [-0.39, 0.29) is 37.8 Å². The summed E-state index contributed by atoms with van der Waals surface area (Å²) in [7, 11) is 0. The second-order valence-corrected chi connectivity index (χ2v) is 5.17. The molecule has 0 radical (unpaired) electrons. The van der Waals surface area contributed by atoms with E-state index in [2.05, 4.69) is 5.32 Å². The Kier molecular flexibility index (Phi) is 4.28. The van der Waals surface area contributed by atoms with Crippen LogP contribution in [0.5, 0.6) is 5.75 Å². The average Bonchev–Trinajstić information content (AvgIpc) is 2.39. The zero-order valence-electron chi connectivity index (χ0n) is 9.95. The summed E-state index contributed by atoms with van der Waals surface area (Å²) < 4.78 is 0. The minimum atomic E-state index is -0.560. The number of aromatic hydroxyl groups is 1. The fourth-order valence-corrected chi connectivity index (χ4v) is 2.15. The van der Waals surface area contributed by atoms with Crippen molar-refractivity contribution in [3.63, 3.8) is 0 Å². The van der Waals surface area contributed by atoms with Crippen LogP contribution in [0.2, 0.25) is 15.1 Å². The Bertz CT molecular complexity index is 690. The smallest absolute Gasteiger partial charge is 0.259 e. The molecule has 0 spiro atoms. The molecule has 20 heavy (non-hydrogen) atoms. The lowest BCUT2D eigenvalue weighted by atomic mass is 10.1. The van der Waals surface area contributed by atoms with Crippen LogP contribution in [0.25, 0.3) is 0 Å². The van der Waals surface area contributed by atoms with Crippen molar-refractivity contribution in [1.82, 2.24) is 0 Å². The van der Waals surface area contributed by atoms with Crippen LogP contribution in [0.3, 0.4) is 0 Å². The number of amides is 1. The summed E-state index contributed by atoms with van der Waals surface area (Å²) in [5.74, 6) is -0.851. The molecule has 0 saturated carbocycles. The minimum absolute atomic E-state index is 0.0344. The highest BCUT2D eigenvalue weighted by atomic mass is 35.5. The van der Waals surface area contributed by atoms with Gasteiger partial charge < -0.3 is 16.2 Å². The molecule has 0 aliphatic carbocycles. The number of carbonyl (C=O) groups excluding carboxylic acids is 1. The molecule has 0 fully saturated rings. The summed E-state index contributed by atoms with van der Waals surface area (Å²) in [6, 6.07) is 7.32. The number of phenolic OH excluding ortho intramolecular Hbond substituents is 1. The number of hydrogen-bond donors (Lipinski definition) is 3. The van der Waals surface area contributed by atoms with E-state index in [1.54, 1.807) is 6.07 Å². The van der Waals surface area contributed by atoms with Crippen LogP contribution in [0.15, 0.2) is 30.3 Å². The van der Waals surface area contributed by atoms with Gasteiger partial charge >= 0.3 is 0 Å². The zero-order valence-corrected chi connectivity index (χ0v) is 12.2. The van der Waals surface area contributed by atoms with Crippen molar-refractivity contribution < 1.29 is 9.90 Å². The molecule has 2 aromatic carbocycles. The highest BCUT2D eigenvalue weighted by Crippen LogP contribution is 2.33. The first-order valence-corrected chi connectivity index (χ1v) is 6.57. The summed E-state index contributed by atoms with van der Waals surface area (Å²) in [4.78, 5) is 12.1. The first kappa shape index (κ1) is 14.8. The third kappa shape index (κ3) is 2.93. The van der Waals surface area contributed by atoms with Crippen LogP contribution < -0.4 is 11.1 Å². The van der Waals surface area contributed by atoms with Gasteiger partial charge in [-0.15, -0.1) is 0 Å². The Hall–Kier alpha value is -1.62. The van der Waals surface area contributed by atoms with Crippen LogP contribution in [-0.4, -0.2) is 11.0 Å². The predicted molar refractivity (Wildman–Crippen MR) is 81.9 cm³/mol. The van der Waals surface area contributed by atoms with Gasteiger partial charge in [-0.2, -0.15) is 0 Å². The molecular weight excluding hydrogens is 323 g/mol. The van der Waals surface area contributed by atoms with Crippen molar-refractivity contribution in [2.45, 2.75) is 0 Å². The van der Waals surface area contributed by atoms with E-state index < -0.39 is 5.91 Å². The molecule has 0 aliphatic heterocycles. The molecule has 1 amide bonds. The average molecular weight is 332 g/mol. The van der Waals surface area contributed by atoms with E-state index in [0.29, 0.717) is 0 Å². The topological polar surface area (TPSA) is 75.4 Å². The maximum absolute atomic E-state index is 12.1. The van der Waals surface area contributed by atoms with E-state index >= 15 is 0 Å². The molecule has 2 rings (SSSR count). The van der Waals surface area contributed by atoms with Gasteiger partial charge in [0.15, 0.2) is 5.75 Å². The fraction of sp³-hybridized carbons (Fsp3) is 0. The van der Waals surface area contributed by atoms with Crippen LogP contribution in [0, 0.1) is 0 Å². The normalized spacial score (nSPS) is 10.3. The van der Waals surface area contributed by atoms with Gasteiger partial charge in [0.2, 0.25) is 0 Å². The second kappa shape index (κ2) is 5.79. The molecule has 4 N–H and O–H groups in total. The summed E-state index contributed by atoms with van der Waals surface area (Å²) in [6.07, 6.45) is 0. The van der Waals surface area contributed by atoms with E-state index in [0.717, 1.165) is 0 Å². The minimum Gasteiger partial charge on any atom is -0.505 e. The molecule has 4 nitrogen and oxygen atoms in total. The Morgan fingerprint density at radius 3 is 2.45 bits per heavy atom. The third-order valence-electron chi connectivity index (χ3n) is 2.57. The number of nitrogen functional groups attached to an aromatic ring is 1. The zero-order chi connectivity index (χ0) is 14.9. The second-order valence-electron chi connectivity index (χ2n) is 3.94. The molecule has 0 aliphatic rings. The number of phenols is 1. The van der Waals surface area contributed by atoms with Gasteiger partial charge in [0, 0.05) is 0 Å². The quantitative estimate of drug-likeness (QED) is 0.439. The highest BCUT2D eigenvalue weighted by molar-refractivity contribution is 6.44. The Labute approximate surface area is 130 Å². The van der Waals surface area contributed by atoms with Crippen LogP contribution in [0.1, 0.15) is 10.4 Å². The number of nitrogens with two attached hydrogens (primary N) is 1. The summed E-state index contributed by atoms with van der Waals surface area (Å²) in [6.45, 7) is 0. The molecule has 0 atom stereocenters. The Balaban J connectivity index is 2.33. The van der Waals surface area contributed by atoms with E-state index in [9.17, 15) is 9.90 Å². The van der Waals surface area contributed by atoms with Crippen LogP contribution in [-0.2, 0) is 0 Å². The van der Waals surface area contributed by atoms with Gasteiger partial charge in [0.25, 0.3) is 5.91 Å². The molecule has 0 aromatic heterocycles. The molecule has 0 unspecified atom stereocenters. The maximum Gasteiger partial charge on any atom is 0.259 e. The third-order valence-corrected chi connectivity index (χ3v) is 3.60. The number of para-hydroxylation sites is 1. The number of halogens is 3. The summed E-state index contributed by atoms with van der Waals surface area (Å²) in [5, 5.41) is 13.0. The van der Waals surface area contributed by atoms with Gasteiger partial charge in [0.1, 0.15) is 0 Å². The SMILES string of the molecule is Nc1cccc(C(=O)Nc2cc(Cl)c(Cl)cc2Cl)c1O. The van der Waals surface area contributed by atoms with Gasteiger partial charge in [-0.1, -0.05) is 40.9 Å². The highest BCUT2D eigenvalue weighted by Gasteiger charge is 2.15. The summed E-state index contributed by atoms with van der Waals surface area (Å²) in [5.41, 5.74) is 5.96. The molecule has 0 bridgehead atoms. The number of benzene rings is 2. The monoisotopic (exact) mass is 330 g/mol. The lowest BCUT2D eigenvalue weighted by Crippen LogP contribution is -2.13. The van der Waals surface area contributed by atoms with E-state index in [1.807, 2.05) is 0 Å². The maximum atomic E-state index is 12.1. The molecule has 104 valence electrons. The first-order chi connectivity index (χ1) is 9.40. The molecular formula is C13H9Cl3N2O2. The predicted octanol–water partition coefficient (Wildman–Crippen LogP) is 4.19. The number of nitrogens with one attached hydrogen (secondary N) is 1. The van der Waals surface area contributed by atoms with Crippen molar-refractivity contribution in [3.05, 3.63) is 51.0 Å². The van der Waals surface area contributed by atoms with Crippen molar-refractivity contribution in [2.24, 2.45) is 0 Å². The lowest BCUT2D eigenvalue weighted by molar-refractivity contribution is 0.102. The molecule has 0 heterocycles. The Morgan fingerprint density at radius 2 is 1.75 bits per heavy atom. The largest absolute Gasteiger partial charge is 0.505 e. The van der Waals surface area contributed by atoms with Gasteiger partial charge in [-0.25, -0.2) is 0 Å². The van der Waals surface area contributed by atoms with Crippen molar-refractivity contribution in [1.29, 1.82) is 0 Å². The van der Waals surface area contributed by atoms with Gasteiger partial charge in [-0.3, -0.25) is 4.79 Å². The van der Waals surface area contributed by atoms with Crippen LogP contribution in [0.4, 0.5) is 11.4 Å². The Morgan fingerprint density at radius 1 is 1.10 bits per heavy atom. The van der Waals surface area contributed by atoms with Gasteiger partial charge in [-0.05, 0) is 24.3 Å². The summed E-state index contributed by atoms with van der Waals surface area (Å²) >= 11 is 17.6. The number of anilines is 2. The van der Waals surface area contributed by atoms with E-state index in [4.69, 9.17) is 40.5 Å². The first-order valence-electron chi connectivity index (χ1n) is 5.43. The van der Waals surface area contributed by atoms with Crippen molar-refractivity contribution >= 4 is 52.1 Å². The number of hydrogen-bond acceptors (Lipinski definition) is 3. The number of carbonyl (C=O) groups is 1. The molecule has 2 aromatic rings. The van der Waals surface area contributed by atoms with E-state index in [1.165, 1.54) is 24.3 Å². The standard InChI is InChI=1S/C13H9Cl3N2O2/c14-7-4-9(16)11(5-8(7)15)18-13(20)6-2-1-3-10(17)12(6)19/h1-5,19H,17H2,(H,18,20). The van der Waals surface area contributed by atoms with Crippen molar-refractivity contribution in [3.8, 4) is 5.75 Å².